The molecule has 2 fully saturated rings. The Labute approximate surface area is 153 Å². The molecular weight excluding hydrogens is 324 g/mol. The zero-order chi connectivity index (χ0) is 17.6. The Bertz CT molecular complexity index is 824. The first-order valence-corrected chi connectivity index (χ1v) is 9.71. The molecule has 5 heteroatoms. The summed E-state index contributed by atoms with van der Waals surface area (Å²) < 4.78 is 0. The molecule has 3 aliphatic rings. The summed E-state index contributed by atoms with van der Waals surface area (Å²) in [6, 6.07) is 8.39. The van der Waals surface area contributed by atoms with Crippen LogP contribution >= 0.6 is 0 Å². The van der Waals surface area contributed by atoms with E-state index >= 15 is 0 Å². The first kappa shape index (κ1) is 15.8. The zero-order valence-electron chi connectivity index (χ0n) is 14.9. The monoisotopic (exact) mass is 348 g/mol. The number of hydrogen-bond donors (Lipinski definition) is 1. The minimum Gasteiger partial charge on any atom is -0.337 e. The lowest BCUT2D eigenvalue weighted by molar-refractivity contribution is 0.236. The molecule has 1 N–H and O–H groups in total. The number of hydrogen-bond acceptors (Lipinski definition) is 3. The van der Waals surface area contributed by atoms with Gasteiger partial charge >= 0.3 is 6.03 Å². The Hall–Kier alpha value is -2.43. The van der Waals surface area contributed by atoms with Crippen LogP contribution in [0.1, 0.15) is 55.0 Å². The topological polar surface area (TPSA) is 58.1 Å². The molecule has 2 aliphatic carbocycles. The Kier molecular flexibility index (Phi) is 3.69. The minimum absolute atomic E-state index is 0.0109. The lowest BCUT2D eigenvalue weighted by Crippen LogP contribution is -2.45. The molecule has 0 unspecified atom stereocenters. The maximum Gasteiger partial charge on any atom is 0.321 e. The smallest absolute Gasteiger partial charge is 0.321 e. The normalized spacial score (nSPS) is 19.9. The van der Waals surface area contributed by atoms with E-state index in [1.54, 1.807) is 0 Å². The van der Waals surface area contributed by atoms with Gasteiger partial charge in [0.15, 0.2) is 0 Å². The lowest BCUT2D eigenvalue weighted by atomic mass is 9.66. The zero-order valence-corrected chi connectivity index (χ0v) is 14.9. The Morgan fingerprint density at radius 3 is 2.65 bits per heavy atom. The Balaban J connectivity index is 1.21. The molecule has 1 aromatic heterocycles. The third kappa shape index (κ3) is 2.66. The third-order valence-electron chi connectivity index (χ3n) is 6.14. The van der Waals surface area contributed by atoms with Crippen LogP contribution < -0.4 is 10.2 Å². The number of urea groups is 1. The van der Waals surface area contributed by atoms with Crippen molar-refractivity contribution in [3.63, 3.8) is 0 Å². The summed E-state index contributed by atoms with van der Waals surface area (Å²) >= 11 is 0. The molecule has 26 heavy (non-hydrogen) atoms. The minimum atomic E-state index is 0.0109. The predicted molar refractivity (Wildman–Crippen MR) is 100 cm³/mol. The van der Waals surface area contributed by atoms with Crippen molar-refractivity contribution in [1.29, 1.82) is 0 Å². The molecule has 2 heterocycles. The number of rotatable bonds is 4. The summed E-state index contributed by atoms with van der Waals surface area (Å²) in [7, 11) is 0. The second-order valence-corrected chi connectivity index (χ2v) is 7.94. The number of fused-ring (bicyclic) bond motifs is 2. The highest BCUT2D eigenvalue weighted by Gasteiger charge is 2.48. The van der Waals surface area contributed by atoms with Crippen molar-refractivity contribution in [2.24, 2.45) is 0 Å². The van der Waals surface area contributed by atoms with Crippen molar-refractivity contribution in [1.82, 2.24) is 15.3 Å². The van der Waals surface area contributed by atoms with Crippen LogP contribution in [0.3, 0.4) is 0 Å². The number of amides is 2. The van der Waals surface area contributed by atoms with Gasteiger partial charge in [-0.2, -0.15) is 0 Å². The van der Waals surface area contributed by atoms with Gasteiger partial charge in [-0.1, -0.05) is 24.6 Å². The van der Waals surface area contributed by atoms with Crippen LogP contribution in [0.5, 0.6) is 0 Å². The van der Waals surface area contributed by atoms with Gasteiger partial charge in [0.05, 0.1) is 0 Å². The highest BCUT2D eigenvalue weighted by molar-refractivity contribution is 5.95. The molecule has 1 aliphatic heterocycles. The Morgan fingerprint density at radius 1 is 1.19 bits per heavy atom. The van der Waals surface area contributed by atoms with E-state index in [9.17, 15) is 4.79 Å². The molecule has 0 bridgehead atoms. The average molecular weight is 348 g/mol. The van der Waals surface area contributed by atoms with Gasteiger partial charge in [-0.3, -0.25) is 4.90 Å². The second kappa shape index (κ2) is 6.08. The second-order valence-electron chi connectivity index (χ2n) is 7.94. The van der Waals surface area contributed by atoms with Gasteiger partial charge in [0.2, 0.25) is 0 Å². The predicted octanol–water partition coefficient (Wildman–Crippen LogP) is 3.55. The molecule has 0 saturated heterocycles. The van der Waals surface area contributed by atoms with E-state index in [1.165, 1.54) is 37.7 Å². The molecule has 5 nitrogen and oxygen atoms in total. The number of para-hydroxylation sites is 1. The SMILES string of the molecule is O=C(NCCc1cnc(C2CC2)nc1)N1CC2(CCC2)c2ccccc21. The van der Waals surface area contributed by atoms with Crippen LogP contribution in [0.15, 0.2) is 36.7 Å². The fourth-order valence-corrected chi connectivity index (χ4v) is 4.30. The summed E-state index contributed by atoms with van der Waals surface area (Å²) in [5.41, 5.74) is 3.72. The fourth-order valence-electron chi connectivity index (χ4n) is 4.30. The van der Waals surface area contributed by atoms with E-state index in [4.69, 9.17) is 0 Å². The molecule has 2 saturated carbocycles. The fraction of sp³-hybridized carbons (Fsp3) is 0.476. The van der Waals surface area contributed by atoms with Crippen molar-refractivity contribution in [2.45, 2.75) is 49.9 Å². The number of nitrogens with one attached hydrogen (secondary N) is 1. The molecule has 0 atom stereocenters. The van der Waals surface area contributed by atoms with Gasteiger partial charge in [-0.25, -0.2) is 14.8 Å². The molecule has 1 spiro atoms. The van der Waals surface area contributed by atoms with E-state index in [1.807, 2.05) is 23.4 Å². The van der Waals surface area contributed by atoms with Gasteiger partial charge in [0, 0.05) is 42.5 Å². The highest BCUT2D eigenvalue weighted by Crippen LogP contribution is 2.52. The Morgan fingerprint density at radius 2 is 1.96 bits per heavy atom. The van der Waals surface area contributed by atoms with Crippen molar-refractivity contribution < 1.29 is 4.79 Å². The van der Waals surface area contributed by atoms with Crippen molar-refractivity contribution in [3.05, 3.63) is 53.6 Å². The molecule has 2 amide bonds. The maximum atomic E-state index is 12.8. The lowest BCUT2D eigenvalue weighted by Gasteiger charge is -2.38. The summed E-state index contributed by atoms with van der Waals surface area (Å²) in [5, 5.41) is 3.08. The van der Waals surface area contributed by atoms with E-state index in [0.717, 1.165) is 30.0 Å². The van der Waals surface area contributed by atoms with Gasteiger partial charge in [-0.05, 0) is 49.3 Å². The van der Waals surface area contributed by atoms with Crippen LogP contribution in [0.25, 0.3) is 0 Å². The largest absolute Gasteiger partial charge is 0.337 e. The summed E-state index contributed by atoms with van der Waals surface area (Å²) in [4.78, 5) is 23.6. The van der Waals surface area contributed by atoms with Crippen molar-refractivity contribution in [2.75, 3.05) is 18.0 Å². The highest BCUT2D eigenvalue weighted by atomic mass is 16.2. The maximum absolute atomic E-state index is 12.8. The summed E-state index contributed by atoms with van der Waals surface area (Å²) in [6.45, 7) is 1.42. The molecule has 2 aromatic rings. The molecular formula is C21H24N4O. The number of benzene rings is 1. The van der Waals surface area contributed by atoms with E-state index < -0.39 is 0 Å². The third-order valence-corrected chi connectivity index (χ3v) is 6.14. The van der Waals surface area contributed by atoms with E-state index in [-0.39, 0.29) is 11.4 Å². The van der Waals surface area contributed by atoms with Gasteiger partial charge in [0.25, 0.3) is 0 Å². The van der Waals surface area contributed by atoms with E-state index in [0.29, 0.717) is 12.5 Å². The molecule has 134 valence electrons. The van der Waals surface area contributed by atoms with Crippen molar-refractivity contribution in [3.8, 4) is 0 Å². The molecule has 0 radical (unpaired) electrons. The molecule has 5 rings (SSSR count). The number of carbonyl (C=O) groups is 1. The van der Waals surface area contributed by atoms with Crippen LogP contribution in [-0.4, -0.2) is 29.1 Å². The van der Waals surface area contributed by atoms with Gasteiger partial charge in [-0.15, -0.1) is 0 Å². The standard InChI is InChI=1S/C21H24N4O/c26-20(22-11-8-15-12-23-19(24-13-15)16-6-7-16)25-14-21(9-3-10-21)17-4-1-2-5-18(17)25/h1-2,4-5,12-13,16H,3,6-11,14H2,(H,22,26). The van der Waals surface area contributed by atoms with Crippen LogP contribution in [0.4, 0.5) is 10.5 Å². The van der Waals surface area contributed by atoms with Gasteiger partial charge < -0.3 is 5.32 Å². The van der Waals surface area contributed by atoms with Crippen LogP contribution in [-0.2, 0) is 11.8 Å². The quantitative estimate of drug-likeness (QED) is 0.919. The number of anilines is 1. The first-order valence-electron chi connectivity index (χ1n) is 9.71. The van der Waals surface area contributed by atoms with E-state index in [2.05, 4.69) is 33.5 Å². The summed E-state index contributed by atoms with van der Waals surface area (Å²) in [5.74, 6) is 1.55. The van der Waals surface area contributed by atoms with Gasteiger partial charge in [0.1, 0.15) is 5.82 Å². The average Bonchev–Trinajstić information content (AvgIpc) is 3.42. The number of nitrogens with zero attached hydrogens (tertiary/aromatic N) is 3. The summed E-state index contributed by atoms with van der Waals surface area (Å²) in [6.07, 6.45) is 10.7. The first-order chi connectivity index (χ1) is 12.8. The number of aromatic nitrogens is 2. The van der Waals surface area contributed by atoms with Crippen LogP contribution in [0.2, 0.25) is 0 Å². The number of carbonyl (C=O) groups excluding carboxylic acids is 1. The van der Waals surface area contributed by atoms with Crippen LogP contribution in [0, 0.1) is 0 Å². The molecule has 1 aromatic carbocycles. The van der Waals surface area contributed by atoms with Crippen molar-refractivity contribution >= 4 is 11.7 Å².